The van der Waals surface area contributed by atoms with Crippen molar-refractivity contribution in [2.45, 2.75) is 52.1 Å². The Kier molecular flexibility index (Phi) is 4.16. The Hall–Kier alpha value is -0.890. The molecule has 0 saturated heterocycles. The maximum atomic E-state index is 10.5. The van der Waals surface area contributed by atoms with Gasteiger partial charge in [0, 0.05) is 11.9 Å². The van der Waals surface area contributed by atoms with E-state index < -0.39 is 0 Å². The van der Waals surface area contributed by atoms with E-state index in [1.54, 1.807) is 6.20 Å². The summed E-state index contributed by atoms with van der Waals surface area (Å²) < 4.78 is 0. The normalized spacial score (nSPS) is 26.8. The van der Waals surface area contributed by atoms with Crippen LogP contribution < -0.4 is 0 Å². The minimum atomic E-state index is -0.300. The smallest absolute Gasteiger partial charge is 0.0819 e. The first-order valence-corrected chi connectivity index (χ1v) is 6.81. The van der Waals surface area contributed by atoms with E-state index in [1.165, 1.54) is 32.1 Å². The fraction of sp³-hybridized carbons (Fsp3) is 0.667. The maximum absolute atomic E-state index is 10.5. The van der Waals surface area contributed by atoms with Gasteiger partial charge in [-0.2, -0.15) is 0 Å². The van der Waals surface area contributed by atoms with Crippen molar-refractivity contribution < 1.29 is 5.11 Å². The molecular weight excluding hydrogens is 210 g/mol. The van der Waals surface area contributed by atoms with E-state index >= 15 is 0 Å². The van der Waals surface area contributed by atoms with Crippen LogP contribution in [-0.4, -0.2) is 10.1 Å². The van der Waals surface area contributed by atoms with Gasteiger partial charge < -0.3 is 5.11 Å². The SMILES string of the molecule is CCC1CCCC(C(O)c2ccnc(C)c2)C1. The van der Waals surface area contributed by atoms with E-state index in [2.05, 4.69) is 11.9 Å². The fourth-order valence-electron chi connectivity index (χ4n) is 3.01. The molecule has 1 saturated carbocycles. The van der Waals surface area contributed by atoms with Crippen LogP contribution in [-0.2, 0) is 0 Å². The Morgan fingerprint density at radius 3 is 3.00 bits per heavy atom. The molecule has 1 aliphatic rings. The van der Waals surface area contributed by atoms with Gasteiger partial charge in [-0.3, -0.25) is 4.98 Å². The van der Waals surface area contributed by atoms with Crippen LogP contribution in [0.25, 0.3) is 0 Å². The standard InChI is InChI=1S/C15H23NO/c1-3-12-5-4-6-13(10-12)15(17)14-7-8-16-11(2)9-14/h7-9,12-13,15,17H,3-6,10H2,1-2H3. The molecule has 3 unspecified atom stereocenters. The van der Waals surface area contributed by atoms with Crippen LogP contribution in [0.15, 0.2) is 18.3 Å². The van der Waals surface area contributed by atoms with E-state index in [-0.39, 0.29) is 6.10 Å². The average Bonchev–Trinajstić information content (AvgIpc) is 2.38. The molecule has 0 spiro atoms. The maximum Gasteiger partial charge on any atom is 0.0819 e. The van der Waals surface area contributed by atoms with Crippen LogP contribution in [0.2, 0.25) is 0 Å². The van der Waals surface area contributed by atoms with Gasteiger partial charge >= 0.3 is 0 Å². The molecule has 2 heteroatoms. The second-order valence-corrected chi connectivity index (χ2v) is 5.38. The first kappa shape index (κ1) is 12.6. The van der Waals surface area contributed by atoms with Crippen LogP contribution >= 0.6 is 0 Å². The van der Waals surface area contributed by atoms with Gasteiger partial charge in [0.25, 0.3) is 0 Å². The third-order valence-electron chi connectivity index (χ3n) is 4.11. The third-order valence-corrected chi connectivity index (χ3v) is 4.11. The molecule has 2 nitrogen and oxygen atoms in total. The lowest BCUT2D eigenvalue weighted by Crippen LogP contribution is -2.21. The summed E-state index contributed by atoms with van der Waals surface area (Å²) in [5, 5.41) is 10.5. The summed E-state index contributed by atoms with van der Waals surface area (Å²) in [5.74, 6) is 1.25. The summed E-state index contributed by atoms with van der Waals surface area (Å²) in [5.41, 5.74) is 2.03. The molecule has 2 rings (SSSR count). The lowest BCUT2D eigenvalue weighted by atomic mass is 9.76. The first-order valence-electron chi connectivity index (χ1n) is 6.81. The zero-order valence-corrected chi connectivity index (χ0v) is 10.9. The van der Waals surface area contributed by atoms with Gasteiger partial charge in [-0.15, -0.1) is 0 Å². The van der Waals surface area contributed by atoms with Crippen molar-refractivity contribution in [3.8, 4) is 0 Å². The number of aromatic nitrogens is 1. The van der Waals surface area contributed by atoms with Crippen molar-refractivity contribution in [2.24, 2.45) is 11.8 Å². The van der Waals surface area contributed by atoms with Crippen LogP contribution in [0.4, 0.5) is 0 Å². The van der Waals surface area contributed by atoms with E-state index in [9.17, 15) is 5.11 Å². The molecular formula is C15H23NO. The van der Waals surface area contributed by atoms with E-state index in [4.69, 9.17) is 0 Å². The Morgan fingerprint density at radius 2 is 2.29 bits per heavy atom. The van der Waals surface area contributed by atoms with Crippen molar-refractivity contribution in [3.63, 3.8) is 0 Å². The Bertz CT molecular complexity index is 364. The molecule has 0 aromatic carbocycles. The van der Waals surface area contributed by atoms with Gasteiger partial charge in [0.05, 0.1) is 6.10 Å². The largest absolute Gasteiger partial charge is 0.388 e. The highest BCUT2D eigenvalue weighted by Gasteiger charge is 2.27. The van der Waals surface area contributed by atoms with Gasteiger partial charge in [0.2, 0.25) is 0 Å². The number of hydrogen-bond donors (Lipinski definition) is 1. The van der Waals surface area contributed by atoms with Crippen molar-refractivity contribution in [2.75, 3.05) is 0 Å². The topological polar surface area (TPSA) is 33.1 Å². The van der Waals surface area contributed by atoms with E-state index in [1.807, 2.05) is 19.1 Å². The van der Waals surface area contributed by atoms with Gasteiger partial charge in [-0.25, -0.2) is 0 Å². The molecule has 1 aromatic rings. The molecule has 1 aliphatic carbocycles. The number of pyridine rings is 1. The number of nitrogens with zero attached hydrogens (tertiary/aromatic N) is 1. The Labute approximate surface area is 104 Å². The number of hydrogen-bond acceptors (Lipinski definition) is 2. The second-order valence-electron chi connectivity index (χ2n) is 5.38. The summed E-state index contributed by atoms with van der Waals surface area (Å²) >= 11 is 0. The zero-order valence-electron chi connectivity index (χ0n) is 10.9. The molecule has 0 radical (unpaired) electrons. The van der Waals surface area contributed by atoms with Crippen LogP contribution in [0.5, 0.6) is 0 Å². The third kappa shape index (κ3) is 3.06. The summed E-state index contributed by atoms with van der Waals surface area (Å²) in [6.07, 6.45) is 7.70. The molecule has 3 atom stereocenters. The van der Waals surface area contributed by atoms with Gasteiger partial charge in [-0.1, -0.05) is 26.2 Å². The van der Waals surface area contributed by atoms with Crippen molar-refractivity contribution in [1.82, 2.24) is 4.98 Å². The molecule has 0 amide bonds. The molecule has 1 N–H and O–H groups in total. The van der Waals surface area contributed by atoms with E-state index in [0.29, 0.717) is 5.92 Å². The summed E-state index contributed by atoms with van der Waals surface area (Å²) in [6.45, 7) is 4.24. The monoisotopic (exact) mass is 233 g/mol. The minimum Gasteiger partial charge on any atom is -0.388 e. The number of aliphatic hydroxyl groups is 1. The highest BCUT2D eigenvalue weighted by Crippen LogP contribution is 2.38. The molecule has 0 bridgehead atoms. The molecule has 1 fully saturated rings. The highest BCUT2D eigenvalue weighted by atomic mass is 16.3. The van der Waals surface area contributed by atoms with Gasteiger partial charge in [-0.05, 0) is 49.3 Å². The molecule has 17 heavy (non-hydrogen) atoms. The van der Waals surface area contributed by atoms with Crippen molar-refractivity contribution in [1.29, 1.82) is 0 Å². The zero-order chi connectivity index (χ0) is 12.3. The Balaban J connectivity index is 2.06. The Morgan fingerprint density at radius 1 is 1.47 bits per heavy atom. The molecule has 0 aliphatic heterocycles. The number of rotatable bonds is 3. The fourth-order valence-corrected chi connectivity index (χ4v) is 3.01. The first-order chi connectivity index (χ1) is 8.20. The number of aliphatic hydroxyl groups excluding tert-OH is 1. The summed E-state index contributed by atoms with van der Waals surface area (Å²) in [4.78, 5) is 4.19. The predicted octanol–water partition coefficient (Wildman–Crippen LogP) is 3.64. The molecule has 1 aromatic heterocycles. The van der Waals surface area contributed by atoms with E-state index in [0.717, 1.165) is 17.2 Å². The van der Waals surface area contributed by atoms with Crippen LogP contribution in [0.3, 0.4) is 0 Å². The van der Waals surface area contributed by atoms with Gasteiger partial charge in [0.15, 0.2) is 0 Å². The van der Waals surface area contributed by atoms with Gasteiger partial charge in [0.1, 0.15) is 0 Å². The predicted molar refractivity (Wildman–Crippen MR) is 69.7 cm³/mol. The lowest BCUT2D eigenvalue weighted by Gasteiger charge is -2.32. The molecule has 1 heterocycles. The summed E-state index contributed by atoms with van der Waals surface area (Å²) in [7, 11) is 0. The number of aryl methyl sites for hydroxylation is 1. The molecule has 94 valence electrons. The summed E-state index contributed by atoms with van der Waals surface area (Å²) in [6, 6.07) is 3.97. The van der Waals surface area contributed by atoms with Crippen LogP contribution in [0.1, 0.15) is 56.4 Å². The van der Waals surface area contributed by atoms with Crippen molar-refractivity contribution in [3.05, 3.63) is 29.6 Å². The van der Waals surface area contributed by atoms with Crippen LogP contribution in [0, 0.1) is 18.8 Å². The quantitative estimate of drug-likeness (QED) is 0.864. The lowest BCUT2D eigenvalue weighted by molar-refractivity contribution is 0.0677. The second kappa shape index (κ2) is 5.63. The van der Waals surface area contributed by atoms with Crippen molar-refractivity contribution >= 4 is 0 Å². The minimum absolute atomic E-state index is 0.300. The average molecular weight is 233 g/mol. The highest BCUT2D eigenvalue weighted by molar-refractivity contribution is 5.18.